The van der Waals surface area contributed by atoms with Crippen LogP contribution in [0.2, 0.25) is 0 Å². The summed E-state index contributed by atoms with van der Waals surface area (Å²) in [5.41, 5.74) is 3.66. The Morgan fingerprint density at radius 3 is 2.75 bits per heavy atom. The van der Waals surface area contributed by atoms with Gasteiger partial charge in [0.2, 0.25) is 6.10 Å². The van der Waals surface area contributed by atoms with Crippen molar-refractivity contribution in [3.63, 3.8) is 0 Å². The number of nitrogens with zero attached hydrogens (tertiary/aromatic N) is 3. The van der Waals surface area contributed by atoms with Crippen molar-refractivity contribution in [2.24, 2.45) is 0 Å². The number of carbonyl (C=O) groups is 1. The average Bonchev–Trinajstić information content (AvgIpc) is 3.23. The first-order valence-electron chi connectivity index (χ1n) is 11.1. The smallest absolute Gasteiger partial charge is 0.264 e. The van der Waals surface area contributed by atoms with Crippen molar-refractivity contribution in [1.29, 1.82) is 0 Å². The number of piperazine rings is 1. The number of benzene rings is 2. The Morgan fingerprint density at radius 2 is 1.94 bits per heavy atom. The van der Waals surface area contributed by atoms with Crippen molar-refractivity contribution in [3.8, 4) is 11.5 Å². The number of aromatic nitrogens is 1. The number of hydrogen-bond donors (Lipinski definition) is 1. The molecule has 2 aliphatic rings. The molecule has 168 valence electrons. The van der Waals surface area contributed by atoms with E-state index < -0.39 is 6.10 Å². The first-order valence-corrected chi connectivity index (χ1v) is 11.9. The molecule has 5 rings (SSSR count). The Kier molecular flexibility index (Phi) is 5.89. The summed E-state index contributed by atoms with van der Waals surface area (Å²) >= 11 is 1.79. The number of fused-ring (bicyclic) bond motifs is 2. The second-order valence-electron chi connectivity index (χ2n) is 8.41. The largest absolute Gasteiger partial charge is 0.485 e. The number of amides is 1. The number of carbonyl (C=O) groups excluding carboxylic acids is 1. The zero-order valence-electron chi connectivity index (χ0n) is 18.5. The Balaban J connectivity index is 1.08. The summed E-state index contributed by atoms with van der Waals surface area (Å²) in [6, 6.07) is 11.8. The molecule has 0 radical (unpaired) electrons. The van der Waals surface area contributed by atoms with E-state index in [4.69, 9.17) is 14.5 Å². The van der Waals surface area contributed by atoms with Crippen LogP contribution in [0.3, 0.4) is 0 Å². The summed E-state index contributed by atoms with van der Waals surface area (Å²) in [6.07, 6.45) is -0.604. The molecule has 2 aromatic carbocycles. The topological polar surface area (TPSA) is 66.9 Å². The van der Waals surface area contributed by atoms with Gasteiger partial charge in [-0.3, -0.25) is 9.69 Å². The molecule has 1 unspecified atom stereocenters. The molecular weight excluding hydrogens is 424 g/mol. The molecule has 1 N–H and O–H groups in total. The van der Waals surface area contributed by atoms with Crippen LogP contribution >= 0.6 is 11.3 Å². The fourth-order valence-corrected chi connectivity index (χ4v) is 5.33. The SMILES string of the molecule is Cc1cc(C)c2sc(N3CCN(CCNC(=O)C4COc5ccccc5O4)CC3)nc2c1. The monoisotopic (exact) mass is 452 g/mol. The number of ether oxygens (including phenoxy) is 2. The molecule has 8 heteroatoms. The highest BCUT2D eigenvalue weighted by molar-refractivity contribution is 7.22. The van der Waals surface area contributed by atoms with Crippen LogP contribution in [0.15, 0.2) is 36.4 Å². The maximum absolute atomic E-state index is 12.5. The zero-order valence-corrected chi connectivity index (χ0v) is 19.3. The quantitative estimate of drug-likeness (QED) is 0.642. The first kappa shape index (κ1) is 21.0. The van der Waals surface area contributed by atoms with E-state index in [1.54, 1.807) is 11.3 Å². The van der Waals surface area contributed by atoms with Gasteiger partial charge in [-0.1, -0.05) is 29.5 Å². The van der Waals surface area contributed by atoms with Crippen LogP contribution in [0.25, 0.3) is 10.2 Å². The van der Waals surface area contributed by atoms with Gasteiger partial charge in [-0.15, -0.1) is 0 Å². The van der Waals surface area contributed by atoms with Gasteiger partial charge in [-0.2, -0.15) is 0 Å². The number of para-hydroxylation sites is 2. The van der Waals surface area contributed by atoms with Crippen molar-refractivity contribution in [3.05, 3.63) is 47.5 Å². The lowest BCUT2D eigenvalue weighted by Crippen LogP contribution is -2.50. The lowest BCUT2D eigenvalue weighted by molar-refractivity contribution is -0.130. The fourth-order valence-electron chi connectivity index (χ4n) is 4.26. The number of aryl methyl sites for hydroxylation is 2. The summed E-state index contributed by atoms with van der Waals surface area (Å²) in [4.78, 5) is 22.1. The van der Waals surface area contributed by atoms with Crippen LogP contribution in [0.4, 0.5) is 5.13 Å². The molecule has 0 aliphatic carbocycles. The number of anilines is 1. The molecule has 7 nitrogen and oxygen atoms in total. The normalized spacial score (nSPS) is 18.7. The average molecular weight is 453 g/mol. The molecule has 1 aromatic heterocycles. The third-order valence-corrected chi connectivity index (χ3v) is 7.25. The highest BCUT2D eigenvalue weighted by Crippen LogP contribution is 2.33. The van der Waals surface area contributed by atoms with Crippen molar-refractivity contribution in [2.45, 2.75) is 20.0 Å². The van der Waals surface area contributed by atoms with Crippen LogP contribution < -0.4 is 19.7 Å². The van der Waals surface area contributed by atoms with Gasteiger partial charge in [0.05, 0.1) is 10.2 Å². The van der Waals surface area contributed by atoms with Gasteiger partial charge in [-0.25, -0.2) is 4.98 Å². The molecule has 3 aromatic rings. The van der Waals surface area contributed by atoms with Crippen molar-refractivity contribution < 1.29 is 14.3 Å². The second-order valence-corrected chi connectivity index (χ2v) is 9.39. The molecule has 32 heavy (non-hydrogen) atoms. The van der Waals surface area contributed by atoms with Gasteiger partial charge in [0.1, 0.15) is 6.61 Å². The van der Waals surface area contributed by atoms with E-state index >= 15 is 0 Å². The maximum atomic E-state index is 12.5. The van der Waals surface area contributed by atoms with E-state index in [1.807, 2.05) is 24.3 Å². The second kappa shape index (κ2) is 8.96. The Morgan fingerprint density at radius 1 is 1.16 bits per heavy atom. The summed E-state index contributed by atoms with van der Waals surface area (Å²) in [7, 11) is 0. The van der Waals surface area contributed by atoms with Gasteiger partial charge in [-0.05, 0) is 43.2 Å². The molecule has 1 atom stereocenters. The van der Waals surface area contributed by atoms with Crippen LogP contribution in [0.5, 0.6) is 11.5 Å². The van der Waals surface area contributed by atoms with E-state index in [0.717, 1.165) is 43.4 Å². The van der Waals surface area contributed by atoms with E-state index in [1.165, 1.54) is 15.8 Å². The molecule has 1 amide bonds. The molecule has 0 spiro atoms. The summed E-state index contributed by atoms with van der Waals surface area (Å²) in [6.45, 7) is 9.75. The first-order chi connectivity index (χ1) is 15.6. The van der Waals surface area contributed by atoms with Crippen molar-refractivity contribution in [2.75, 3.05) is 50.8 Å². The molecular formula is C24H28N4O3S. The molecule has 0 saturated carbocycles. The Hall–Kier alpha value is -2.84. The number of rotatable bonds is 5. The molecule has 2 aliphatic heterocycles. The third kappa shape index (κ3) is 4.38. The van der Waals surface area contributed by atoms with Gasteiger partial charge in [0, 0.05) is 39.3 Å². The van der Waals surface area contributed by atoms with Gasteiger partial charge in [0.15, 0.2) is 16.6 Å². The maximum Gasteiger partial charge on any atom is 0.264 e. The molecule has 1 saturated heterocycles. The zero-order chi connectivity index (χ0) is 22.1. The van der Waals surface area contributed by atoms with Gasteiger partial charge >= 0.3 is 0 Å². The van der Waals surface area contributed by atoms with Crippen molar-refractivity contribution in [1.82, 2.24) is 15.2 Å². The Bertz CT molecular complexity index is 1120. The van der Waals surface area contributed by atoms with E-state index in [9.17, 15) is 4.79 Å². The van der Waals surface area contributed by atoms with Crippen molar-refractivity contribution >= 4 is 32.6 Å². The summed E-state index contributed by atoms with van der Waals surface area (Å²) in [5, 5.41) is 4.10. The molecule has 0 bridgehead atoms. The van der Waals surface area contributed by atoms with Crippen LogP contribution in [-0.4, -0.2) is 67.8 Å². The predicted molar refractivity (Wildman–Crippen MR) is 127 cm³/mol. The minimum Gasteiger partial charge on any atom is -0.485 e. The van der Waals surface area contributed by atoms with Gasteiger partial charge in [0.25, 0.3) is 5.91 Å². The van der Waals surface area contributed by atoms with Gasteiger partial charge < -0.3 is 19.7 Å². The number of hydrogen-bond acceptors (Lipinski definition) is 7. The molecule has 1 fully saturated rings. The highest BCUT2D eigenvalue weighted by atomic mass is 32.1. The standard InChI is InChI=1S/C24H28N4O3S/c1-16-13-17(2)22-18(14-16)26-24(32-22)28-11-9-27(10-12-28)8-7-25-23(29)21-15-30-19-5-3-4-6-20(19)31-21/h3-6,13-14,21H,7-12,15H2,1-2H3,(H,25,29). The van der Waals surface area contributed by atoms with E-state index in [2.05, 4.69) is 41.1 Å². The lowest BCUT2D eigenvalue weighted by Gasteiger charge is -2.34. The molecule has 3 heterocycles. The van der Waals surface area contributed by atoms with Crippen LogP contribution in [0, 0.1) is 13.8 Å². The van der Waals surface area contributed by atoms with E-state index in [0.29, 0.717) is 18.0 Å². The summed E-state index contributed by atoms with van der Waals surface area (Å²) in [5.74, 6) is 1.18. The minimum absolute atomic E-state index is 0.127. The predicted octanol–water partition coefficient (Wildman–Crippen LogP) is 2.99. The Labute approximate surface area is 191 Å². The number of thiazole rings is 1. The van der Waals surface area contributed by atoms with Crippen LogP contribution in [-0.2, 0) is 4.79 Å². The summed E-state index contributed by atoms with van der Waals surface area (Å²) < 4.78 is 12.7. The minimum atomic E-state index is -0.604. The third-order valence-electron chi connectivity index (χ3n) is 5.98. The van der Waals surface area contributed by atoms with Crippen LogP contribution in [0.1, 0.15) is 11.1 Å². The fraction of sp³-hybridized carbons (Fsp3) is 0.417. The number of nitrogens with one attached hydrogen (secondary N) is 1. The lowest BCUT2D eigenvalue weighted by atomic mass is 10.1. The highest BCUT2D eigenvalue weighted by Gasteiger charge is 2.27. The van der Waals surface area contributed by atoms with E-state index in [-0.39, 0.29) is 12.5 Å².